The topological polar surface area (TPSA) is 49.3 Å². The van der Waals surface area contributed by atoms with Crippen molar-refractivity contribution in [1.82, 2.24) is 5.32 Å². The third kappa shape index (κ3) is 3.87. The largest absolute Gasteiger partial charge is 0.389 e. The van der Waals surface area contributed by atoms with Gasteiger partial charge >= 0.3 is 0 Å². The Morgan fingerprint density at radius 1 is 1.44 bits per heavy atom. The molecule has 1 amide bonds. The molecule has 0 heterocycles. The monoisotopic (exact) mass is 239 g/mol. The number of aliphatic hydroxyl groups is 1. The van der Waals surface area contributed by atoms with Gasteiger partial charge in [-0.15, -0.1) is 11.8 Å². The highest BCUT2D eigenvalue weighted by Gasteiger charge is 2.16. The normalized spacial score (nSPS) is 11.2. The quantitative estimate of drug-likeness (QED) is 0.789. The maximum atomic E-state index is 11.8. The number of hydrogen-bond donors (Lipinski definition) is 2. The molecule has 0 fully saturated rings. The van der Waals surface area contributed by atoms with Crippen molar-refractivity contribution in [2.45, 2.75) is 24.3 Å². The van der Waals surface area contributed by atoms with E-state index in [0.29, 0.717) is 5.56 Å². The van der Waals surface area contributed by atoms with Gasteiger partial charge in [-0.3, -0.25) is 4.79 Å². The van der Waals surface area contributed by atoms with Gasteiger partial charge in [0.1, 0.15) is 0 Å². The first-order valence-corrected chi connectivity index (χ1v) is 6.30. The van der Waals surface area contributed by atoms with Crippen molar-refractivity contribution in [3.05, 3.63) is 29.8 Å². The Morgan fingerprint density at radius 3 is 2.62 bits per heavy atom. The summed E-state index contributed by atoms with van der Waals surface area (Å²) in [5.74, 6) is -0.146. The summed E-state index contributed by atoms with van der Waals surface area (Å²) in [4.78, 5) is 12.8. The van der Waals surface area contributed by atoms with E-state index < -0.39 is 5.60 Å². The number of thioether (sulfide) groups is 1. The highest BCUT2D eigenvalue weighted by molar-refractivity contribution is 7.98. The van der Waals surface area contributed by atoms with Crippen LogP contribution in [0.2, 0.25) is 0 Å². The van der Waals surface area contributed by atoms with E-state index in [1.807, 2.05) is 24.5 Å². The van der Waals surface area contributed by atoms with Crippen molar-refractivity contribution in [1.29, 1.82) is 0 Å². The van der Waals surface area contributed by atoms with E-state index in [-0.39, 0.29) is 12.5 Å². The van der Waals surface area contributed by atoms with Crippen molar-refractivity contribution in [2.24, 2.45) is 0 Å². The van der Waals surface area contributed by atoms with Crippen molar-refractivity contribution >= 4 is 17.7 Å². The van der Waals surface area contributed by atoms with Crippen LogP contribution in [0.4, 0.5) is 0 Å². The van der Waals surface area contributed by atoms with Gasteiger partial charge in [0, 0.05) is 11.4 Å². The number of amides is 1. The van der Waals surface area contributed by atoms with E-state index in [2.05, 4.69) is 5.32 Å². The maximum Gasteiger partial charge on any atom is 0.252 e. The van der Waals surface area contributed by atoms with Crippen molar-refractivity contribution < 1.29 is 9.90 Å². The van der Waals surface area contributed by atoms with Gasteiger partial charge < -0.3 is 10.4 Å². The Morgan fingerprint density at radius 2 is 2.06 bits per heavy atom. The van der Waals surface area contributed by atoms with E-state index >= 15 is 0 Å². The van der Waals surface area contributed by atoms with Gasteiger partial charge in [0.15, 0.2) is 0 Å². The molecule has 0 spiro atoms. The minimum absolute atomic E-state index is 0.146. The van der Waals surface area contributed by atoms with E-state index in [0.717, 1.165) is 4.90 Å². The first kappa shape index (κ1) is 13.1. The summed E-state index contributed by atoms with van der Waals surface area (Å²) in [5.41, 5.74) is -0.233. The molecule has 88 valence electrons. The lowest BCUT2D eigenvalue weighted by Gasteiger charge is -2.18. The van der Waals surface area contributed by atoms with E-state index in [9.17, 15) is 9.90 Å². The number of carbonyl (C=O) groups is 1. The highest BCUT2D eigenvalue weighted by Crippen LogP contribution is 2.19. The smallest absolute Gasteiger partial charge is 0.252 e. The summed E-state index contributed by atoms with van der Waals surface area (Å²) >= 11 is 1.53. The van der Waals surface area contributed by atoms with Gasteiger partial charge in [-0.25, -0.2) is 0 Å². The standard InChI is InChI=1S/C12H17NO2S/c1-12(2,15)8-13-11(14)9-6-4-5-7-10(9)16-3/h4-7,15H,8H2,1-3H3,(H,13,14). The molecule has 2 N–H and O–H groups in total. The minimum Gasteiger partial charge on any atom is -0.389 e. The highest BCUT2D eigenvalue weighted by atomic mass is 32.2. The Hall–Kier alpha value is -1.00. The van der Waals surface area contributed by atoms with Crippen molar-refractivity contribution in [3.8, 4) is 0 Å². The summed E-state index contributed by atoms with van der Waals surface area (Å²) in [6.45, 7) is 3.57. The van der Waals surface area contributed by atoms with E-state index in [1.54, 1.807) is 19.9 Å². The Balaban J connectivity index is 2.73. The summed E-state index contributed by atoms with van der Waals surface area (Å²) in [6.07, 6.45) is 1.93. The number of benzene rings is 1. The van der Waals surface area contributed by atoms with Crippen molar-refractivity contribution in [3.63, 3.8) is 0 Å². The molecule has 4 heteroatoms. The van der Waals surface area contributed by atoms with E-state index in [1.165, 1.54) is 11.8 Å². The molecule has 1 aromatic carbocycles. The fraction of sp³-hybridized carbons (Fsp3) is 0.417. The zero-order valence-corrected chi connectivity index (χ0v) is 10.6. The second-order valence-corrected chi connectivity index (χ2v) is 5.04. The number of hydrogen-bond acceptors (Lipinski definition) is 3. The molecule has 0 aliphatic heterocycles. The molecule has 3 nitrogen and oxygen atoms in total. The average molecular weight is 239 g/mol. The second kappa shape index (κ2) is 5.37. The summed E-state index contributed by atoms with van der Waals surface area (Å²) in [6, 6.07) is 7.42. The molecule has 0 saturated heterocycles. The number of nitrogens with one attached hydrogen (secondary N) is 1. The molecule has 0 aliphatic rings. The van der Waals surface area contributed by atoms with Crippen LogP contribution in [0.15, 0.2) is 29.2 Å². The first-order valence-electron chi connectivity index (χ1n) is 5.07. The van der Waals surface area contributed by atoms with E-state index in [4.69, 9.17) is 0 Å². The first-order chi connectivity index (χ1) is 7.44. The second-order valence-electron chi connectivity index (χ2n) is 4.20. The van der Waals surface area contributed by atoms with Crippen LogP contribution in [-0.2, 0) is 0 Å². The molecule has 0 radical (unpaired) electrons. The van der Waals surface area contributed by atoms with Gasteiger partial charge in [0.05, 0.1) is 11.2 Å². The number of rotatable bonds is 4. The average Bonchev–Trinajstić information content (AvgIpc) is 2.25. The Labute approximate surface area is 100 Å². The zero-order valence-electron chi connectivity index (χ0n) is 9.78. The minimum atomic E-state index is -0.885. The fourth-order valence-electron chi connectivity index (χ4n) is 1.22. The Kier molecular flexibility index (Phi) is 4.38. The molecule has 0 saturated carbocycles. The van der Waals surface area contributed by atoms with Crippen LogP contribution in [0.5, 0.6) is 0 Å². The lowest BCUT2D eigenvalue weighted by atomic mass is 10.1. The summed E-state index contributed by atoms with van der Waals surface area (Å²) < 4.78 is 0. The molecule has 16 heavy (non-hydrogen) atoms. The van der Waals surface area contributed by atoms with Crippen LogP contribution in [0, 0.1) is 0 Å². The van der Waals surface area contributed by atoms with Crippen LogP contribution in [0.3, 0.4) is 0 Å². The molecule has 1 aromatic rings. The molecule has 0 bridgehead atoms. The maximum absolute atomic E-state index is 11.8. The molecule has 1 rings (SSSR count). The Bertz CT molecular complexity index is 372. The van der Waals surface area contributed by atoms with Gasteiger partial charge in [0.2, 0.25) is 0 Å². The summed E-state index contributed by atoms with van der Waals surface area (Å²) in [7, 11) is 0. The van der Waals surface area contributed by atoms with Crippen LogP contribution in [-0.4, -0.2) is 29.4 Å². The predicted octanol–water partition coefficient (Wildman–Crippen LogP) is 1.91. The van der Waals surface area contributed by atoms with Crippen LogP contribution in [0.25, 0.3) is 0 Å². The zero-order chi connectivity index (χ0) is 12.2. The van der Waals surface area contributed by atoms with Crippen LogP contribution < -0.4 is 5.32 Å². The van der Waals surface area contributed by atoms with Crippen LogP contribution in [0.1, 0.15) is 24.2 Å². The lowest BCUT2D eigenvalue weighted by molar-refractivity contribution is 0.0693. The van der Waals surface area contributed by atoms with Gasteiger partial charge in [-0.05, 0) is 32.2 Å². The van der Waals surface area contributed by atoms with Gasteiger partial charge in [-0.1, -0.05) is 12.1 Å². The third-order valence-electron chi connectivity index (χ3n) is 2.03. The molecule has 0 aromatic heterocycles. The summed E-state index contributed by atoms with van der Waals surface area (Å²) in [5, 5.41) is 12.2. The van der Waals surface area contributed by atoms with Gasteiger partial charge in [0.25, 0.3) is 5.91 Å². The molecule has 0 unspecified atom stereocenters. The molecular formula is C12H17NO2S. The predicted molar refractivity (Wildman–Crippen MR) is 66.9 cm³/mol. The lowest BCUT2D eigenvalue weighted by Crippen LogP contribution is -2.38. The van der Waals surface area contributed by atoms with Crippen LogP contribution >= 0.6 is 11.8 Å². The molecule has 0 aliphatic carbocycles. The fourth-order valence-corrected chi connectivity index (χ4v) is 1.82. The molecule has 0 atom stereocenters. The van der Waals surface area contributed by atoms with Gasteiger partial charge in [-0.2, -0.15) is 0 Å². The number of carbonyl (C=O) groups excluding carboxylic acids is 1. The molecular weight excluding hydrogens is 222 g/mol. The third-order valence-corrected chi connectivity index (χ3v) is 2.83. The SMILES string of the molecule is CSc1ccccc1C(=O)NCC(C)(C)O. The van der Waals surface area contributed by atoms with Crippen molar-refractivity contribution in [2.75, 3.05) is 12.8 Å².